The predicted octanol–water partition coefficient (Wildman–Crippen LogP) is 2.92. The van der Waals surface area contributed by atoms with Gasteiger partial charge in [-0.1, -0.05) is 18.2 Å². The lowest BCUT2D eigenvalue weighted by molar-refractivity contribution is 0.428. The molecule has 1 aliphatic heterocycles. The average molecular weight is 400 g/mol. The third-order valence-electron chi connectivity index (χ3n) is 4.52. The van der Waals surface area contributed by atoms with Gasteiger partial charge in [-0.2, -0.15) is 4.31 Å². The minimum Gasteiger partial charge on any atom is -0.228 e. The number of sulfone groups is 1. The Morgan fingerprint density at radius 3 is 2.60 bits per heavy atom. The van der Waals surface area contributed by atoms with Crippen LogP contribution < -0.4 is 0 Å². The molecule has 0 N–H and O–H groups in total. The Balaban J connectivity index is 1.93. The molecule has 0 spiro atoms. The van der Waals surface area contributed by atoms with Gasteiger partial charge >= 0.3 is 0 Å². The Morgan fingerprint density at radius 2 is 1.92 bits per heavy atom. The lowest BCUT2D eigenvalue weighted by Crippen LogP contribution is -2.34. The van der Waals surface area contributed by atoms with E-state index in [1.54, 1.807) is 19.1 Å². The Bertz CT molecular complexity index is 963. The fourth-order valence-corrected chi connectivity index (χ4v) is 7.97. The maximum absolute atomic E-state index is 13.1. The first-order valence-electron chi connectivity index (χ1n) is 8.04. The van der Waals surface area contributed by atoms with E-state index < -0.39 is 25.1 Å². The average Bonchev–Trinajstić information content (AvgIpc) is 3.00. The van der Waals surface area contributed by atoms with Crippen molar-refractivity contribution in [1.29, 1.82) is 0 Å². The van der Waals surface area contributed by atoms with Gasteiger partial charge in [0.15, 0.2) is 9.84 Å². The van der Waals surface area contributed by atoms with Crippen molar-refractivity contribution in [3.8, 4) is 0 Å². The number of thiophene rings is 1. The van der Waals surface area contributed by atoms with E-state index in [0.717, 1.165) is 10.4 Å². The van der Waals surface area contributed by atoms with Crippen molar-refractivity contribution >= 4 is 31.2 Å². The zero-order valence-electron chi connectivity index (χ0n) is 14.2. The van der Waals surface area contributed by atoms with Crippen LogP contribution in [0.4, 0.5) is 0 Å². The molecule has 0 bridgehead atoms. The zero-order chi connectivity index (χ0) is 18.2. The van der Waals surface area contributed by atoms with Gasteiger partial charge in [-0.15, -0.1) is 11.3 Å². The summed E-state index contributed by atoms with van der Waals surface area (Å²) in [7, 11) is -7.08. The van der Waals surface area contributed by atoms with Crippen LogP contribution in [0.3, 0.4) is 0 Å². The summed E-state index contributed by atoms with van der Waals surface area (Å²) in [6.07, 6.45) is 0.285. The third kappa shape index (κ3) is 3.67. The first-order chi connectivity index (χ1) is 11.7. The molecule has 5 nitrogen and oxygen atoms in total. The van der Waals surface area contributed by atoms with Gasteiger partial charge in [0.2, 0.25) is 10.0 Å². The second kappa shape index (κ2) is 6.83. The molecule has 1 aromatic carbocycles. The Labute approximate surface area is 153 Å². The highest BCUT2D eigenvalue weighted by Crippen LogP contribution is 2.34. The normalized spacial score (nSPS) is 21.8. The molecule has 2 heterocycles. The van der Waals surface area contributed by atoms with Gasteiger partial charge in [0.25, 0.3) is 0 Å². The van der Waals surface area contributed by atoms with Crippen LogP contribution in [0.1, 0.15) is 27.7 Å². The van der Waals surface area contributed by atoms with Crippen LogP contribution in [-0.2, 0) is 19.9 Å². The minimum absolute atomic E-state index is 0.0000756. The maximum Gasteiger partial charge on any atom is 0.243 e. The monoisotopic (exact) mass is 399 g/mol. The predicted molar refractivity (Wildman–Crippen MR) is 100 cm³/mol. The molecule has 1 aromatic heterocycles. The van der Waals surface area contributed by atoms with Crippen LogP contribution in [-0.4, -0.2) is 40.0 Å². The highest BCUT2D eigenvalue weighted by Gasteiger charge is 2.36. The van der Waals surface area contributed by atoms with E-state index in [1.165, 1.54) is 15.6 Å². The van der Waals surface area contributed by atoms with Crippen LogP contribution in [0.25, 0.3) is 0 Å². The topological polar surface area (TPSA) is 71.5 Å². The zero-order valence-corrected chi connectivity index (χ0v) is 16.6. The lowest BCUT2D eigenvalue weighted by Gasteiger charge is -2.21. The molecule has 3 rings (SSSR count). The van der Waals surface area contributed by atoms with Crippen molar-refractivity contribution in [2.45, 2.75) is 30.4 Å². The van der Waals surface area contributed by atoms with E-state index in [1.807, 2.05) is 30.5 Å². The summed E-state index contributed by atoms with van der Waals surface area (Å²) in [4.78, 5) is 1.05. The Kier molecular flexibility index (Phi) is 5.07. The molecule has 136 valence electrons. The van der Waals surface area contributed by atoms with Gasteiger partial charge in [-0.3, -0.25) is 0 Å². The summed E-state index contributed by atoms with van der Waals surface area (Å²) in [6.45, 7) is 3.81. The molecule has 0 radical (unpaired) electrons. The smallest absolute Gasteiger partial charge is 0.228 e. The summed E-state index contributed by atoms with van der Waals surface area (Å²) < 4.78 is 52.7. The van der Waals surface area contributed by atoms with Crippen molar-refractivity contribution < 1.29 is 16.8 Å². The first-order valence-corrected chi connectivity index (χ1v) is 12.1. The molecule has 0 unspecified atom stereocenters. The molecule has 8 heteroatoms. The van der Waals surface area contributed by atoms with Gasteiger partial charge in [0, 0.05) is 18.0 Å². The second-order valence-electron chi connectivity index (χ2n) is 6.33. The molecule has 1 saturated heterocycles. The van der Waals surface area contributed by atoms with Gasteiger partial charge in [-0.05, 0) is 48.9 Å². The van der Waals surface area contributed by atoms with Crippen LogP contribution in [0.2, 0.25) is 0 Å². The molecule has 25 heavy (non-hydrogen) atoms. The van der Waals surface area contributed by atoms with Gasteiger partial charge in [0.05, 0.1) is 15.9 Å². The summed E-state index contributed by atoms with van der Waals surface area (Å²) in [5.41, 5.74) is 1.54. The Hall–Kier alpha value is -1.22. The lowest BCUT2D eigenvalue weighted by atomic mass is 10.2. The molecule has 2 aromatic rings. The van der Waals surface area contributed by atoms with Gasteiger partial charge < -0.3 is 0 Å². The summed E-state index contributed by atoms with van der Waals surface area (Å²) in [5.74, 6) is -0.153. The molecule has 1 fully saturated rings. The summed E-state index contributed by atoms with van der Waals surface area (Å²) in [5, 5.41) is 1.23. The number of aryl methyl sites for hydroxylation is 2. The highest BCUT2D eigenvalue weighted by molar-refractivity contribution is 7.92. The standard InChI is InChI=1S/C17H21NO4S3/c1-13-5-6-14(2)17(12-13)25(21,22)18-8-7-16(15-4-3-10-23-15)24(19,20)11-9-18/h3-6,10,12,16H,7-9,11H2,1-2H3/t16-/m0/s1. The molecular formula is C17H21NO4S3. The van der Waals surface area contributed by atoms with Crippen LogP contribution in [0.15, 0.2) is 40.6 Å². The van der Waals surface area contributed by atoms with Gasteiger partial charge in [0.1, 0.15) is 0 Å². The fraction of sp³-hybridized carbons (Fsp3) is 0.412. The summed E-state index contributed by atoms with van der Waals surface area (Å²) >= 11 is 1.40. The van der Waals surface area contributed by atoms with E-state index in [2.05, 4.69) is 0 Å². The second-order valence-corrected chi connectivity index (χ2v) is 11.5. The minimum atomic E-state index is -3.71. The van der Waals surface area contributed by atoms with E-state index >= 15 is 0 Å². The van der Waals surface area contributed by atoms with Gasteiger partial charge in [-0.25, -0.2) is 16.8 Å². The molecular weight excluding hydrogens is 378 g/mol. The van der Waals surface area contributed by atoms with Crippen molar-refractivity contribution in [2.24, 2.45) is 0 Å². The van der Waals surface area contributed by atoms with Crippen molar-refractivity contribution in [1.82, 2.24) is 4.31 Å². The maximum atomic E-state index is 13.1. The number of rotatable bonds is 3. The van der Waals surface area contributed by atoms with Crippen LogP contribution in [0.5, 0.6) is 0 Å². The van der Waals surface area contributed by atoms with Crippen molar-refractivity contribution in [3.63, 3.8) is 0 Å². The molecule has 0 aliphatic carbocycles. The largest absolute Gasteiger partial charge is 0.243 e. The SMILES string of the molecule is Cc1ccc(C)c(S(=O)(=O)N2CC[C@@H](c3cccs3)S(=O)(=O)CC2)c1. The number of sulfonamides is 1. The number of hydrogen-bond acceptors (Lipinski definition) is 5. The molecule has 1 atom stereocenters. The van der Waals surface area contributed by atoms with Crippen molar-refractivity contribution in [3.05, 3.63) is 51.7 Å². The Morgan fingerprint density at radius 1 is 1.16 bits per heavy atom. The fourth-order valence-electron chi connectivity index (χ4n) is 3.08. The van der Waals surface area contributed by atoms with E-state index in [-0.39, 0.29) is 30.2 Å². The van der Waals surface area contributed by atoms with Crippen LogP contribution in [0, 0.1) is 13.8 Å². The number of benzene rings is 1. The third-order valence-corrected chi connectivity index (χ3v) is 9.81. The quantitative estimate of drug-likeness (QED) is 0.796. The first kappa shape index (κ1) is 18.6. The van der Waals surface area contributed by atoms with Crippen molar-refractivity contribution in [2.75, 3.05) is 18.8 Å². The molecule has 0 amide bonds. The highest BCUT2D eigenvalue weighted by atomic mass is 32.2. The molecule has 1 aliphatic rings. The van der Waals surface area contributed by atoms with E-state index in [0.29, 0.717) is 5.56 Å². The van der Waals surface area contributed by atoms with E-state index in [9.17, 15) is 16.8 Å². The number of hydrogen-bond donors (Lipinski definition) is 0. The summed E-state index contributed by atoms with van der Waals surface area (Å²) in [6, 6.07) is 8.94. The van der Waals surface area contributed by atoms with E-state index in [4.69, 9.17) is 0 Å². The van der Waals surface area contributed by atoms with Crippen LogP contribution >= 0.6 is 11.3 Å². The molecule has 0 saturated carbocycles. The number of nitrogens with zero attached hydrogens (tertiary/aromatic N) is 1.